The Labute approximate surface area is 228 Å². The molecule has 0 aliphatic heterocycles. The number of sulfonamides is 1. The average molecular weight is 565 g/mol. The summed E-state index contributed by atoms with van der Waals surface area (Å²) in [4.78, 5) is 27.5. The minimum atomic E-state index is -3.95. The topological polar surface area (TPSA) is 104 Å². The third-order valence-electron chi connectivity index (χ3n) is 6.29. The van der Waals surface area contributed by atoms with E-state index in [0.717, 1.165) is 37.0 Å². The van der Waals surface area contributed by atoms with Gasteiger partial charge in [0, 0.05) is 12.0 Å². The van der Waals surface area contributed by atoms with Crippen molar-refractivity contribution in [2.45, 2.75) is 76.8 Å². The number of carboxylic acid groups (broad SMARTS) is 1. The molecule has 37 heavy (non-hydrogen) atoms. The molecule has 0 atom stereocenters. The molecule has 2 aromatic rings. The van der Waals surface area contributed by atoms with Crippen LogP contribution in [-0.2, 0) is 14.8 Å². The van der Waals surface area contributed by atoms with Crippen LogP contribution in [-0.4, -0.2) is 37.0 Å². The Bertz CT molecular complexity index is 1330. The van der Waals surface area contributed by atoms with Crippen LogP contribution in [0.4, 0.5) is 5.00 Å². The number of nitrogens with zero attached hydrogens (tertiary/aromatic N) is 1. The number of nitrogens with one attached hydrogen (secondary N) is 1. The zero-order valence-corrected chi connectivity index (χ0v) is 24.1. The van der Waals surface area contributed by atoms with Crippen molar-refractivity contribution in [3.8, 4) is 11.8 Å². The number of carbonyl (C=O) groups is 2. The number of rotatable bonds is 7. The van der Waals surface area contributed by atoms with Gasteiger partial charge in [0.25, 0.3) is 0 Å². The van der Waals surface area contributed by atoms with Gasteiger partial charge in [-0.3, -0.25) is 4.79 Å². The minimum absolute atomic E-state index is 0.00924. The largest absolute Gasteiger partial charge is 0.478 e. The average Bonchev–Trinajstić information content (AvgIpc) is 3.21. The maximum absolute atomic E-state index is 13.5. The van der Waals surface area contributed by atoms with E-state index >= 15 is 0 Å². The first kappa shape index (κ1) is 29.2. The SMILES string of the molecule is CC1CCC(C(=O)N(c2sc(C#CC(C)(C)NS(=O)(=O)c3ccccc3Cl)cc2C(=O)O)C(C)C)CC1. The van der Waals surface area contributed by atoms with E-state index in [1.807, 2.05) is 13.8 Å². The minimum Gasteiger partial charge on any atom is -0.478 e. The number of amides is 1. The van der Waals surface area contributed by atoms with E-state index in [1.54, 1.807) is 30.9 Å². The number of carbonyl (C=O) groups excluding carboxylic acids is 1. The standard InChI is InChI=1S/C27H33ClN2O5S2/c1-17(2)30(24(31)19-12-10-18(3)11-13-19)25-21(26(32)33)16-20(36-25)14-15-27(4,5)29-37(34,35)23-9-7-6-8-22(23)28/h6-9,16-19,29H,10-13H2,1-5H3,(H,32,33). The number of halogens is 1. The summed E-state index contributed by atoms with van der Waals surface area (Å²) in [6, 6.07) is 7.33. The molecule has 3 rings (SSSR count). The smallest absolute Gasteiger partial charge is 0.338 e. The normalized spacial score (nSPS) is 18.2. The van der Waals surface area contributed by atoms with Crippen molar-refractivity contribution in [3.05, 3.63) is 45.8 Å². The van der Waals surface area contributed by atoms with Crippen LogP contribution in [0, 0.1) is 23.7 Å². The van der Waals surface area contributed by atoms with E-state index in [-0.39, 0.29) is 33.3 Å². The van der Waals surface area contributed by atoms with E-state index in [1.165, 1.54) is 18.2 Å². The highest BCUT2D eigenvalue weighted by molar-refractivity contribution is 7.89. The summed E-state index contributed by atoms with van der Waals surface area (Å²) in [5.41, 5.74) is -1.17. The van der Waals surface area contributed by atoms with Crippen molar-refractivity contribution in [2.24, 2.45) is 11.8 Å². The highest BCUT2D eigenvalue weighted by Gasteiger charge is 2.33. The van der Waals surface area contributed by atoms with Crippen LogP contribution in [0.15, 0.2) is 35.2 Å². The van der Waals surface area contributed by atoms with Crippen molar-refractivity contribution >= 4 is 49.8 Å². The van der Waals surface area contributed by atoms with Gasteiger partial charge in [-0.05, 0) is 77.5 Å². The monoisotopic (exact) mass is 564 g/mol. The molecule has 0 bridgehead atoms. The number of anilines is 1. The second kappa shape index (κ2) is 11.6. The Kier molecular flexibility index (Phi) is 9.12. The van der Waals surface area contributed by atoms with Gasteiger partial charge in [-0.15, -0.1) is 11.3 Å². The van der Waals surface area contributed by atoms with Crippen molar-refractivity contribution in [2.75, 3.05) is 4.90 Å². The van der Waals surface area contributed by atoms with Gasteiger partial charge >= 0.3 is 5.97 Å². The van der Waals surface area contributed by atoms with Gasteiger partial charge in [-0.25, -0.2) is 13.2 Å². The molecule has 1 aliphatic rings. The molecule has 0 spiro atoms. The molecule has 1 fully saturated rings. The molecular weight excluding hydrogens is 532 g/mol. The van der Waals surface area contributed by atoms with Crippen molar-refractivity contribution < 1.29 is 23.1 Å². The van der Waals surface area contributed by atoms with Crippen LogP contribution in [0.5, 0.6) is 0 Å². The Balaban J connectivity index is 1.91. The molecular formula is C27H33ClN2O5S2. The summed E-state index contributed by atoms with van der Waals surface area (Å²) in [5, 5.41) is 10.3. The first-order valence-electron chi connectivity index (χ1n) is 12.2. The first-order valence-corrected chi connectivity index (χ1v) is 14.9. The van der Waals surface area contributed by atoms with Gasteiger partial charge in [0.05, 0.1) is 21.0 Å². The lowest BCUT2D eigenvalue weighted by Gasteiger charge is -2.33. The number of benzene rings is 1. The Morgan fingerprint density at radius 1 is 1.19 bits per heavy atom. The third-order valence-corrected chi connectivity index (χ3v) is 9.50. The summed E-state index contributed by atoms with van der Waals surface area (Å²) in [7, 11) is -3.95. The van der Waals surface area contributed by atoms with Crippen LogP contribution >= 0.6 is 22.9 Å². The van der Waals surface area contributed by atoms with E-state index in [4.69, 9.17) is 11.6 Å². The summed E-state index contributed by atoms with van der Waals surface area (Å²) in [6.45, 7) is 9.13. The highest BCUT2D eigenvalue weighted by atomic mass is 35.5. The lowest BCUT2D eigenvalue weighted by molar-refractivity contribution is -0.123. The summed E-state index contributed by atoms with van der Waals surface area (Å²) < 4.78 is 28.3. The second-order valence-electron chi connectivity index (χ2n) is 10.3. The molecule has 1 amide bonds. The first-order chi connectivity index (χ1) is 17.2. The molecule has 200 valence electrons. The fourth-order valence-electron chi connectivity index (χ4n) is 4.36. The molecule has 0 saturated heterocycles. The molecule has 0 radical (unpaired) electrons. The molecule has 1 saturated carbocycles. The van der Waals surface area contributed by atoms with Crippen LogP contribution in [0.2, 0.25) is 5.02 Å². The Morgan fingerprint density at radius 3 is 2.38 bits per heavy atom. The molecule has 1 heterocycles. The highest BCUT2D eigenvalue weighted by Crippen LogP contribution is 2.37. The van der Waals surface area contributed by atoms with Gasteiger partial charge in [-0.2, -0.15) is 4.72 Å². The van der Waals surface area contributed by atoms with E-state index < -0.39 is 21.5 Å². The fourth-order valence-corrected chi connectivity index (χ4v) is 7.36. The van der Waals surface area contributed by atoms with Crippen LogP contribution in [0.3, 0.4) is 0 Å². The lowest BCUT2D eigenvalue weighted by atomic mass is 9.82. The molecule has 7 nitrogen and oxygen atoms in total. The van der Waals surface area contributed by atoms with Gasteiger partial charge < -0.3 is 10.0 Å². The molecule has 1 aromatic carbocycles. The molecule has 2 N–H and O–H groups in total. The Hall–Kier alpha value is -2.38. The third kappa shape index (κ3) is 7.14. The predicted octanol–water partition coefficient (Wildman–Crippen LogP) is 5.78. The van der Waals surface area contributed by atoms with Crippen LogP contribution in [0.25, 0.3) is 0 Å². The van der Waals surface area contributed by atoms with E-state index in [0.29, 0.717) is 15.8 Å². The summed E-state index contributed by atoms with van der Waals surface area (Å²) in [6.07, 6.45) is 3.55. The summed E-state index contributed by atoms with van der Waals surface area (Å²) >= 11 is 7.19. The van der Waals surface area contributed by atoms with Crippen molar-refractivity contribution in [3.63, 3.8) is 0 Å². The zero-order chi connectivity index (χ0) is 27.5. The number of thiophene rings is 1. The van der Waals surface area contributed by atoms with Crippen LogP contribution in [0.1, 0.15) is 75.5 Å². The number of hydrogen-bond donors (Lipinski definition) is 2. The quantitative estimate of drug-likeness (QED) is 0.415. The number of aromatic carboxylic acids is 1. The molecule has 0 unspecified atom stereocenters. The second-order valence-corrected chi connectivity index (χ2v) is 13.4. The number of carboxylic acids is 1. The fraction of sp³-hybridized carbons (Fsp3) is 0.481. The number of hydrogen-bond acceptors (Lipinski definition) is 5. The zero-order valence-electron chi connectivity index (χ0n) is 21.7. The van der Waals surface area contributed by atoms with Crippen LogP contribution < -0.4 is 9.62 Å². The van der Waals surface area contributed by atoms with Crippen molar-refractivity contribution in [1.29, 1.82) is 0 Å². The van der Waals surface area contributed by atoms with E-state index in [2.05, 4.69) is 23.5 Å². The summed E-state index contributed by atoms with van der Waals surface area (Å²) in [5.74, 6) is 5.07. The maximum atomic E-state index is 13.5. The Morgan fingerprint density at radius 2 is 1.81 bits per heavy atom. The van der Waals surface area contributed by atoms with E-state index in [9.17, 15) is 23.1 Å². The molecule has 10 heteroatoms. The van der Waals surface area contributed by atoms with Gasteiger partial charge in [-0.1, -0.05) is 42.5 Å². The molecule has 1 aromatic heterocycles. The molecule has 1 aliphatic carbocycles. The van der Waals surface area contributed by atoms with Crippen molar-refractivity contribution in [1.82, 2.24) is 4.72 Å². The predicted molar refractivity (Wildman–Crippen MR) is 148 cm³/mol. The van der Waals surface area contributed by atoms with Gasteiger partial charge in [0.1, 0.15) is 9.90 Å². The maximum Gasteiger partial charge on any atom is 0.338 e. The van der Waals surface area contributed by atoms with Gasteiger partial charge in [0.15, 0.2) is 0 Å². The van der Waals surface area contributed by atoms with Gasteiger partial charge in [0.2, 0.25) is 15.9 Å². The lowest BCUT2D eigenvalue weighted by Crippen LogP contribution is -2.42.